The van der Waals surface area contributed by atoms with Crippen molar-refractivity contribution in [1.29, 1.82) is 0 Å². The van der Waals surface area contributed by atoms with Gasteiger partial charge in [-0.3, -0.25) is 4.90 Å². The van der Waals surface area contributed by atoms with Gasteiger partial charge in [0.05, 0.1) is 12.7 Å². The number of rotatable bonds is 2. The largest absolute Gasteiger partial charge is 0.394 e. The Bertz CT molecular complexity index is 106. The van der Waals surface area contributed by atoms with Crippen molar-refractivity contribution in [2.24, 2.45) is 0 Å². The fourth-order valence-electron chi connectivity index (χ4n) is 1.20. The van der Waals surface area contributed by atoms with E-state index in [2.05, 4.69) is 0 Å². The van der Waals surface area contributed by atoms with E-state index in [-0.39, 0.29) is 18.9 Å². The summed E-state index contributed by atoms with van der Waals surface area (Å²) in [4.78, 5) is 2.04. The van der Waals surface area contributed by atoms with Crippen LogP contribution in [-0.4, -0.2) is 43.0 Å². The normalized spacial score (nSPS) is 33.6. The van der Waals surface area contributed by atoms with Crippen LogP contribution in [0.2, 0.25) is 0 Å². The molecule has 0 aromatic carbocycles. The van der Waals surface area contributed by atoms with Crippen LogP contribution >= 0.6 is 0 Å². The van der Waals surface area contributed by atoms with Gasteiger partial charge in [0.1, 0.15) is 6.23 Å². The lowest BCUT2D eigenvalue weighted by Crippen LogP contribution is -2.28. The highest BCUT2D eigenvalue weighted by Crippen LogP contribution is 2.19. The summed E-state index contributed by atoms with van der Waals surface area (Å²) in [7, 11) is 3.98. The van der Waals surface area contributed by atoms with Crippen LogP contribution in [0.15, 0.2) is 0 Å². The molecular weight excluding hydrogens is 130 g/mol. The Balaban J connectivity index is 2.28. The number of ether oxygens (including phenoxy) is 1. The quantitative estimate of drug-likeness (QED) is 0.595. The molecule has 0 aromatic heterocycles. The summed E-state index contributed by atoms with van der Waals surface area (Å²) in [5.74, 6) is 0. The van der Waals surface area contributed by atoms with Gasteiger partial charge in [-0.15, -0.1) is 0 Å². The molecule has 0 radical (unpaired) electrons. The molecule has 0 saturated carbocycles. The zero-order valence-electron chi connectivity index (χ0n) is 6.58. The number of nitrogens with zero attached hydrogens (tertiary/aromatic N) is 1. The predicted molar refractivity (Wildman–Crippen MR) is 38.7 cm³/mol. The maximum absolute atomic E-state index is 8.72. The highest BCUT2D eigenvalue weighted by molar-refractivity contribution is 4.70. The van der Waals surface area contributed by atoms with E-state index >= 15 is 0 Å². The van der Waals surface area contributed by atoms with Crippen LogP contribution in [0.1, 0.15) is 12.8 Å². The molecule has 1 aliphatic heterocycles. The Hall–Kier alpha value is -0.120. The van der Waals surface area contributed by atoms with Crippen molar-refractivity contribution in [3.8, 4) is 0 Å². The van der Waals surface area contributed by atoms with Crippen LogP contribution in [0.3, 0.4) is 0 Å². The van der Waals surface area contributed by atoms with Gasteiger partial charge in [0.25, 0.3) is 0 Å². The van der Waals surface area contributed by atoms with Gasteiger partial charge in [-0.05, 0) is 26.9 Å². The average molecular weight is 145 g/mol. The third kappa shape index (κ3) is 1.68. The molecule has 1 saturated heterocycles. The van der Waals surface area contributed by atoms with Crippen LogP contribution in [-0.2, 0) is 4.74 Å². The summed E-state index contributed by atoms with van der Waals surface area (Å²) in [5, 5.41) is 8.72. The van der Waals surface area contributed by atoms with Crippen LogP contribution in [0.5, 0.6) is 0 Å². The summed E-state index contributed by atoms with van der Waals surface area (Å²) in [6.45, 7) is 0.157. The second-order valence-electron chi connectivity index (χ2n) is 2.94. The maximum Gasteiger partial charge on any atom is 0.110 e. The zero-order chi connectivity index (χ0) is 7.56. The topological polar surface area (TPSA) is 32.7 Å². The third-order valence-electron chi connectivity index (χ3n) is 1.86. The highest BCUT2D eigenvalue weighted by Gasteiger charge is 2.25. The lowest BCUT2D eigenvalue weighted by atomic mass is 10.2. The minimum absolute atomic E-state index is 0.0763. The van der Waals surface area contributed by atoms with E-state index in [1.165, 1.54) is 0 Å². The fourth-order valence-corrected chi connectivity index (χ4v) is 1.20. The Morgan fingerprint density at radius 1 is 1.50 bits per heavy atom. The van der Waals surface area contributed by atoms with E-state index in [1.54, 1.807) is 0 Å². The van der Waals surface area contributed by atoms with E-state index < -0.39 is 0 Å². The first-order valence-electron chi connectivity index (χ1n) is 3.67. The van der Waals surface area contributed by atoms with Crippen molar-refractivity contribution in [3.63, 3.8) is 0 Å². The molecule has 10 heavy (non-hydrogen) atoms. The van der Waals surface area contributed by atoms with Crippen molar-refractivity contribution in [1.82, 2.24) is 4.90 Å². The molecule has 3 nitrogen and oxygen atoms in total. The lowest BCUT2D eigenvalue weighted by Gasteiger charge is -2.18. The molecule has 0 aromatic rings. The van der Waals surface area contributed by atoms with Crippen molar-refractivity contribution >= 4 is 0 Å². The minimum atomic E-state index is 0.0763. The minimum Gasteiger partial charge on any atom is -0.394 e. The van der Waals surface area contributed by atoms with Gasteiger partial charge in [0, 0.05) is 0 Å². The SMILES string of the molecule is CN(C)C1CC[C@H](CO)O1. The van der Waals surface area contributed by atoms with Crippen molar-refractivity contribution in [2.75, 3.05) is 20.7 Å². The van der Waals surface area contributed by atoms with E-state index in [9.17, 15) is 0 Å². The first-order chi connectivity index (χ1) is 4.74. The molecule has 0 aliphatic carbocycles. The van der Waals surface area contributed by atoms with E-state index in [0.29, 0.717) is 0 Å². The smallest absolute Gasteiger partial charge is 0.110 e. The number of aliphatic hydroxyl groups excluding tert-OH is 1. The van der Waals surface area contributed by atoms with Gasteiger partial charge in [0.15, 0.2) is 0 Å². The van der Waals surface area contributed by atoms with Gasteiger partial charge in [0.2, 0.25) is 0 Å². The first-order valence-corrected chi connectivity index (χ1v) is 3.67. The summed E-state index contributed by atoms with van der Waals surface area (Å²) < 4.78 is 5.45. The highest BCUT2D eigenvalue weighted by atomic mass is 16.5. The monoisotopic (exact) mass is 145 g/mol. The molecule has 1 rings (SSSR count). The summed E-state index contributed by atoms with van der Waals surface area (Å²) in [5.41, 5.74) is 0. The van der Waals surface area contributed by atoms with E-state index in [1.807, 2.05) is 19.0 Å². The van der Waals surface area contributed by atoms with Crippen molar-refractivity contribution in [2.45, 2.75) is 25.2 Å². The Morgan fingerprint density at radius 2 is 2.20 bits per heavy atom. The molecule has 1 aliphatic rings. The molecule has 1 fully saturated rings. The number of hydrogen-bond donors (Lipinski definition) is 1. The van der Waals surface area contributed by atoms with Crippen molar-refractivity contribution < 1.29 is 9.84 Å². The molecule has 1 heterocycles. The van der Waals surface area contributed by atoms with Gasteiger partial charge in [-0.1, -0.05) is 0 Å². The van der Waals surface area contributed by atoms with Gasteiger partial charge in [-0.2, -0.15) is 0 Å². The van der Waals surface area contributed by atoms with Crippen LogP contribution in [0.25, 0.3) is 0 Å². The van der Waals surface area contributed by atoms with E-state index in [4.69, 9.17) is 9.84 Å². The third-order valence-corrected chi connectivity index (χ3v) is 1.86. The predicted octanol–water partition coefficient (Wildman–Crippen LogP) is 0.0454. The molecule has 0 bridgehead atoms. The summed E-state index contributed by atoms with van der Waals surface area (Å²) >= 11 is 0. The lowest BCUT2D eigenvalue weighted by molar-refractivity contribution is -0.0492. The standard InChI is InChI=1S/C7H15NO2/c1-8(2)7-4-3-6(5-9)10-7/h6-7,9H,3-5H2,1-2H3/t6-,7?/m1/s1. The van der Waals surface area contributed by atoms with Crippen LogP contribution in [0, 0.1) is 0 Å². The molecule has 1 unspecified atom stereocenters. The summed E-state index contributed by atoms with van der Waals surface area (Å²) in [6, 6.07) is 0. The molecule has 0 spiro atoms. The fraction of sp³-hybridized carbons (Fsp3) is 1.00. The second kappa shape index (κ2) is 3.32. The van der Waals surface area contributed by atoms with Crippen LogP contribution in [0.4, 0.5) is 0 Å². The van der Waals surface area contributed by atoms with Gasteiger partial charge in [-0.25, -0.2) is 0 Å². The number of hydrogen-bond acceptors (Lipinski definition) is 3. The average Bonchev–Trinajstić information content (AvgIpc) is 2.34. The van der Waals surface area contributed by atoms with Crippen LogP contribution < -0.4 is 0 Å². The molecule has 3 heteroatoms. The zero-order valence-corrected chi connectivity index (χ0v) is 6.58. The molecule has 0 amide bonds. The molecule has 1 N–H and O–H groups in total. The number of aliphatic hydroxyl groups is 1. The molecule has 2 atom stereocenters. The Labute approximate surface area is 61.6 Å². The van der Waals surface area contributed by atoms with E-state index in [0.717, 1.165) is 12.8 Å². The molecular formula is C7H15NO2. The maximum atomic E-state index is 8.72. The van der Waals surface area contributed by atoms with Gasteiger partial charge >= 0.3 is 0 Å². The second-order valence-corrected chi connectivity index (χ2v) is 2.94. The Kier molecular flexibility index (Phi) is 2.65. The van der Waals surface area contributed by atoms with Gasteiger partial charge < -0.3 is 9.84 Å². The first kappa shape index (κ1) is 7.98. The Morgan fingerprint density at radius 3 is 2.50 bits per heavy atom. The summed E-state index contributed by atoms with van der Waals surface area (Å²) in [6.07, 6.45) is 2.32. The molecule has 60 valence electrons. The van der Waals surface area contributed by atoms with Crippen molar-refractivity contribution in [3.05, 3.63) is 0 Å².